The molecule has 0 saturated carbocycles. The number of methoxy groups -OCH3 is 1. The minimum atomic E-state index is -0.491. The highest BCUT2D eigenvalue weighted by molar-refractivity contribution is 7.99. The highest BCUT2D eigenvalue weighted by Crippen LogP contribution is 2.26. The number of thioether (sulfide) groups is 1. The second-order valence-corrected chi connectivity index (χ2v) is 8.36. The van der Waals surface area contributed by atoms with Crippen molar-refractivity contribution in [1.82, 2.24) is 9.97 Å². The standard InChI is InChI=1S/C21H26N4O3S/c1-14-10-15(2)12-25(11-14)18-8-9-22-21(24-18)29-13-19(26)23-17-7-5-4-6-16(17)20(27)28-3/h4-9,14-15H,10-13H2,1-3H3,(H,23,26). The largest absolute Gasteiger partial charge is 0.465 e. The maximum atomic E-state index is 12.4. The zero-order chi connectivity index (χ0) is 20.8. The lowest BCUT2D eigenvalue weighted by molar-refractivity contribution is -0.113. The predicted molar refractivity (Wildman–Crippen MR) is 114 cm³/mol. The number of aromatic nitrogens is 2. The van der Waals surface area contributed by atoms with Crippen LogP contribution in [0.15, 0.2) is 41.7 Å². The van der Waals surface area contributed by atoms with Gasteiger partial charge >= 0.3 is 5.97 Å². The quantitative estimate of drug-likeness (QED) is 0.440. The Kier molecular flexibility index (Phi) is 7.09. The van der Waals surface area contributed by atoms with Gasteiger partial charge in [0.2, 0.25) is 5.91 Å². The molecule has 1 amide bonds. The molecule has 1 aliphatic rings. The van der Waals surface area contributed by atoms with Crippen molar-refractivity contribution in [2.75, 3.05) is 36.2 Å². The number of piperidine rings is 1. The van der Waals surface area contributed by atoms with E-state index in [1.807, 2.05) is 6.07 Å². The number of amides is 1. The molecular weight excluding hydrogens is 388 g/mol. The molecule has 1 saturated heterocycles. The number of nitrogens with one attached hydrogen (secondary N) is 1. The van der Waals surface area contributed by atoms with Crippen molar-refractivity contribution in [3.8, 4) is 0 Å². The summed E-state index contributed by atoms with van der Waals surface area (Å²) < 4.78 is 4.75. The smallest absolute Gasteiger partial charge is 0.339 e. The Hall–Kier alpha value is -2.61. The zero-order valence-corrected chi connectivity index (χ0v) is 17.7. The molecule has 0 spiro atoms. The number of hydrogen-bond acceptors (Lipinski definition) is 7. The molecule has 8 heteroatoms. The summed E-state index contributed by atoms with van der Waals surface area (Å²) in [5.74, 6) is 1.58. The Bertz CT molecular complexity index is 867. The summed E-state index contributed by atoms with van der Waals surface area (Å²) in [6, 6.07) is 8.68. The molecular formula is C21H26N4O3S. The molecule has 0 aliphatic carbocycles. The Morgan fingerprint density at radius 1 is 1.21 bits per heavy atom. The van der Waals surface area contributed by atoms with Crippen molar-refractivity contribution in [2.45, 2.75) is 25.4 Å². The molecule has 1 aromatic carbocycles. The van der Waals surface area contributed by atoms with E-state index in [4.69, 9.17) is 4.74 Å². The fourth-order valence-electron chi connectivity index (χ4n) is 3.62. The van der Waals surface area contributed by atoms with E-state index < -0.39 is 5.97 Å². The SMILES string of the molecule is COC(=O)c1ccccc1NC(=O)CSc1nccc(N2CC(C)CC(C)C2)n1. The number of anilines is 2. The molecule has 29 heavy (non-hydrogen) atoms. The number of nitrogens with zero attached hydrogens (tertiary/aromatic N) is 3. The number of carbonyl (C=O) groups excluding carboxylic acids is 2. The first-order chi connectivity index (χ1) is 14.0. The van der Waals surface area contributed by atoms with Gasteiger partial charge in [0.15, 0.2) is 5.16 Å². The number of rotatable bonds is 6. The summed E-state index contributed by atoms with van der Waals surface area (Å²) in [5.41, 5.74) is 0.746. The van der Waals surface area contributed by atoms with Gasteiger partial charge in [0.25, 0.3) is 0 Å². The lowest BCUT2D eigenvalue weighted by Crippen LogP contribution is -2.39. The first kappa shape index (κ1) is 21.1. The lowest BCUT2D eigenvalue weighted by Gasteiger charge is -2.35. The molecule has 2 heterocycles. The summed E-state index contributed by atoms with van der Waals surface area (Å²) in [6.07, 6.45) is 2.97. The average molecular weight is 415 g/mol. The molecule has 3 rings (SSSR count). The van der Waals surface area contributed by atoms with E-state index in [2.05, 4.69) is 34.0 Å². The van der Waals surface area contributed by atoms with Gasteiger partial charge in [0.05, 0.1) is 24.1 Å². The van der Waals surface area contributed by atoms with Crippen LogP contribution in [0, 0.1) is 11.8 Å². The van der Waals surface area contributed by atoms with Crippen LogP contribution in [0.2, 0.25) is 0 Å². The Morgan fingerprint density at radius 3 is 2.66 bits per heavy atom. The van der Waals surface area contributed by atoms with Gasteiger partial charge in [-0.1, -0.05) is 37.7 Å². The van der Waals surface area contributed by atoms with E-state index >= 15 is 0 Å². The van der Waals surface area contributed by atoms with Crippen LogP contribution in [0.3, 0.4) is 0 Å². The van der Waals surface area contributed by atoms with Crippen LogP contribution in [0.25, 0.3) is 0 Å². The third kappa shape index (κ3) is 5.69. The number of carbonyl (C=O) groups is 2. The molecule has 2 atom stereocenters. The van der Waals surface area contributed by atoms with Gasteiger partial charge in [-0.2, -0.15) is 0 Å². The monoisotopic (exact) mass is 414 g/mol. The van der Waals surface area contributed by atoms with Crippen LogP contribution < -0.4 is 10.2 Å². The summed E-state index contributed by atoms with van der Waals surface area (Å²) in [4.78, 5) is 35.4. The van der Waals surface area contributed by atoms with E-state index in [0.717, 1.165) is 18.9 Å². The third-order valence-electron chi connectivity index (χ3n) is 4.75. The van der Waals surface area contributed by atoms with Crippen LogP contribution in [0.1, 0.15) is 30.6 Å². The molecule has 1 fully saturated rings. The van der Waals surface area contributed by atoms with E-state index in [1.54, 1.807) is 30.5 Å². The second-order valence-electron chi connectivity index (χ2n) is 7.42. The molecule has 1 aromatic heterocycles. The summed E-state index contributed by atoms with van der Waals surface area (Å²) in [6.45, 7) is 6.48. The first-order valence-corrected chi connectivity index (χ1v) is 10.6. The van der Waals surface area contributed by atoms with Gasteiger partial charge in [-0.3, -0.25) is 4.79 Å². The average Bonchev–Trinajstić information content (AvgIpc) is 2.71. The molecule has 7 nitrogen and oxygen atoms in total. The van der Waals surface area contributed by atoms with Crippen molar-refractivity contribution < 1.29 is 14.3 Å². The van der Waals surface area contributed by atoms with Gasteiger partial charge < -0.3 is 15.0 Å². The summed E-state index contributed by atoms with van der Waals surface area (Å²) in [7, 11) is 1.31. The number of ether oxygens (including phenoxy) is 1. The summed E-state index contributed by atoms with van der Waals surface area (Å²) >= 11 is 1.27. The second kappa shape index (κ2) is 9.73. The predicted octanol–water partition coefficient (Wildman–Crippen LogP) is 3.48. The van der Waals surface area contributed by atoms with E-state index in [0.29, 0.717) is 28.2 Å². The summed E-state index contributed by atoms with van der Waals surface area (Å²) in [5, 5.41) is 3.32. The van der Waals surface area contributed by atoms with Crippen molar-refractivity contribution in [2.24, 2.45) is 11.8 Å². The normalized spacial score (nSPS) is 18.9. The molecule has 1 aliphatic heterocycles. The van der Waals surface area contributed by atoms with Gasteiger partial charge in [-0.05, 0) is 36.5 Å². The number of benzene rings is 1. The topological polar surface area (TPSA) is 84.4 Å². The molecule has 154 valence electrons. The number of hydrogen-bond donors (Lipinski definition) is 1. The third-order valence-corrected chi connectivity index (χ3v) is 5.61. The number of para-hydroxylation sites is 1. The Morgan fingerprint density at radius 2 is 1.93 bits per heavy atom. The van der Waals surface area contributed by atoms with Gasteiger partial charge in [-0.15, -0.1) is 0 Å². The highest BCUT2D eigenvalue weighted by Gasteiger charge is 2.23. The Balaban J connectivity index is 1.61. The maximum absolute atomic E-state index is 12.4. The zero-order valence-electron chi connectivity index (χ0n) is 16.9. The van der Waals surface area contributed by atoms with Gasteiger partial charge in [0.1, 0.15) is 5.82 Å². The van der Waals surface area contributed by atoms with Gasteiger partial charge in [0, 0.05) is 19.3 Å². The van der Waals surface area contributed by atoms with Crippen LogP contribution in [-0.4, -0.2) is 47.8 Å². The fourth-order valence-corrected chi connectivity index (χ4v) is 4.25. The molecule has 2 unspecified atom stereocenters. The lowest BCUT2D eigenvalue weighted by atomic mass is 9.92. The van der Waals surface area contributed by atoms with Crippen molar-refractivity contribution in [3.63, 3.8) is 0 Å². The minimum Gasteiger partial charge on any atom is -0.465 e. The molecule has 0 radical (unpaired) electrons. The van der Waals surface area contributed by atoms with E-state index in [1.165, 1.54) is 25.3 Å². The van der Waals surface area contributed by atoms with E-state index in [9.17, 15) is 9.59 Å². The molecule has 2 aromatic rings. The minimum absolute atomic E-state index is 0.145. The number of esters is 1. The van der Waals surface area contributed by atoms with Crippen LogP contribution in [0.4, 0.5) is 11.5 Å². The molecule has 1 N–H and O–H groups in total. The Labute approximate surface area is 175 Å². The van der Waals surface area contributed by atoms with E-state index in [-0.39, 0.29) is 11.7 Å². The molecule has 0 bridgehead atoms. The van der Waals surface area contributed by atoms with Crippen molar-refractivity contribution in [3.05, 3.63) is 42.1 Å². The first-order valence-electron chi connectivity index (χ1n) is 9.64. The van der Waals surface area contributed by atoms with Crippen LogP contribution in [-0.2, 0) is 9.53 Å². The maximum Gasteiger partial charge on any atom is 0.339 e. The highest BCUT2D eigenvalue weighted by atomic mass is 32.2. The van der Waals surface area contributed by atoms with Crippen molar-refractivity contribution >= 4 is 35.1 Å². The van der Waals surface area contributed by atoms with Crippen LogP contribution in [0.5, 0.6) is 0 Å². The van der Waals surface area contributed by atoms with Crippen LogP contribution >= 0.6 is 11.8 Å². The fraction of sp³-hybridized carbons (Fsp3) is 0.429. The van der Waals surface area contributed by atoms with Gasteiger partial charge in [-0.25, -0.2) is 14.8 Å². The van der Waals surface area contributed by atoms with Crippen molar-refractivity contribution in [1.29, 1.82) is 0 Å².